The smallest absolute Gasteiger partial charge is 0.272 e. The summed E-state index contributed by atoms with van der Waals surface area (Å²) in [5, 5.41) is 13.8. The number of rotatable bonds is 1. The summed E-state index contributed by atoms with van der Waals surface area (Å²) in [5.74, 6) is 0. The fourth-order valence-electron chi connectivity index (χ4n) is 1.29. The highest BCUT2D eigenvalue weighted by molar-refractivity contribution is 7.71. The highest BCUT2D eigenvalue weighted by Crippen LogP contribution is 2.10. The van der Waals surface area contributed by atoms with Crippen molar-refractivity contribution in [2.75, 3.05) is 0 Å². The number of nitrogens with one attached hydrogen (secondary N) is 2. The van der Waals surface area contributed by atoms with Gasteiger partial charge in [-0.1, -0.05) is 12.1 Å². The van der Waals surface area contributed by atoms with Gasteiger partial charge in [-0.3, -0.25) is 5.10 Å². The Bertz CT molecular complexity index is 615. The Kier molecular flexibility index (Phi) is 2.23. The van der Waals surface area contributed by atoms with E-state index >= 15 is 0 Å². The summed E-state index contributed by atoms with van der Waals surface area (Å²) in [5.41, 5.74) is 0.494. The molecule has 15 heavy (non-hydrogen) atoms. The first kappa shape index (κ1) is 9.43. The Labute approximate surface area is 89.6 Å². The molecule has 0 atom stereocenters. The molecule has 1 aromatic heterocycles. The van der Waals surface area contributed by atoms with Gasteiger partial charge in [0.05, 0.1) is 11.3 Å². The Balaban J connectivity index is 2.82. The summed E-state index contributed by atoms with van der Waals surface area (Å²) >= 11 is 4.93. The van der Waals surface area contributed by atoms with E-state index < -0.39 is 0 Å². The third-order valence-corrected chi connectivity index (χ3v) is 2.23. The summed E-state index contributed by atoms with van der Waals surface area (Å²) in [6.45, 7) is 0. The molecule has 74 valence electrons. The van der Waals surface area contributed by atoms with Crippen LogP contribution >= 0.6 is 12.2 Å². The van der Waals surface area contributed by atoms with E-state index in [4.69, 9.17) is 17.5 Å². The Hall–Kier alpha value is -2.13. The quantitative estimate of drug-likeness (QED) is 0.703. The van der Waals surface area contributed by atoms with Crippen LogP contribution in [-0.2, 0) is 0 Å². The first-order chi connectivity index (χ1) is 7.24. The second-order valence-corrected chi connectivity index (χ2v) is 3.21. The van der Waals surface area contributed by atoms with Gasteiger partial charge in [0.1, 0.15) is 6.07 Å². The number of benzene rings is 1. The molecule has 0 radical (unpaired) electrons. The molecule has 0 saturated heterocycles. The molecule has 0 aliphatic carbocycles. The molecule has 0 bridgehead atoms. The molecule has 1 aromatic carbocycles. The summed E-state index contributed by atoms with van der Waals surface area (Å²) in [4.78, 5) is 11.4. The van der Waals surface area contributed by atoms with Crippen molar-refractivity contribution in [3.8, 4) is 11.8 Å². The largest absolute Gasteiger partial charge is 0.347 e. The van der Waals surface area contributed by atoms with Crippen LogP contribution in [0.2, 0.25) is 0 Å². The Morgan fingerprint density at radius 3 is 2.67 bits per heavy atom. The number of hydrogen-bond acceptors (Lipinski definition) is 3. The highest BCUT2D eigenvalue weighted by atomic mass is 32.1. The van der Waals surface area contributed by atoms with E-state index in [1.165, 1.54) is 4.57 Å². The van der Waals surface area contributed by atoms with Crippen LogP contribution < -0.4 is 5.69 Å². The number of nitrogens with zero attached hydrogens (tertiary/aromatic N) is 2. The summed E-state index contributed by atoms with van der Waals surface area (Å²) in [6.07, 6.45) is 0. The molecular formula is C9H6N4OS. The number of nitriles is 1. The van der Waals surface area contributed by atoms with Gasteiger partial charge in [-0.25, -0.2) is 14.5 Å². The van der Waals surface area contributed by atoms with E-state index in [9.17, 15) is 4.79 Å². The lowest BCUT2D eigenvalue weighted by atomic mass is 10.2. The molecular weight excluding hydrogens is 212 g/mol. The van der Waals surface area contributed by atoms with Crippen molar-refractivity contribution in [1.82, 2.24) is 14.8 Å². The molecule has 0 fully saturated rings. The minimum atomic E-state index is -0.386. The van der Waals surface area contributed by atoms with Gasteiger partial charge in [0.2, 0.25) is 4.77 Å². The van der Waals surface area contributed by atoms with E-state index in [1.54, 1.807) is 24.3 Å². The van der Waals surface area contributed by atoms with Gasteiger partial charge < -0.3 is 0 Å². The first-order valence-electron chi connectivity index (χ1n) is 4.13. The third-order valence-electron chi connectivity index (χ3n) is 1.95. The van der Waals surface area contributed by atoms with Crippen LogP contribution in [0.5, 0.6) is 0 Å². The highest BCUT2D eigenvalue weighted by Gasteiger charge is 2.07. The molecule has 1 heterocycles. The third kappa shape index (κ3) is 1.49. The van der Waals surface area contributed by atoms with Gasteiger partial charge in [0.15, 0.2) is 0 Å². The summed E-state index contributed by atoms with van der Waals surface area (Å²) < 4.78 is 1.48. The molecule has 0 aliphatic rings. The van der Waals surface area contributed by atoms with Crippen LogP contribution in [0.1, 0.15) is 5.56 Å². The minimum absolute atomic E-state index is 0.239. The SMILES string of the molecule is N#Cc1ccccc1-n1c(=O)[nH][nH]c1=S. The lowest BCUT2D eigenvalue weighted by molar-refractivity contribution is 0.971. The molecule has 0 spiro atoms. The molecule has 6 heteroatoms. The van der Waals surface area contributed by atoms with Crippen molar-refractivity contribution >= 4 is 12.2 Å². The van der Waals surface area contributed by atoms with E-state index in [0.717, 1.165) is 0 Å². The summed E-state index contributed by atoms with van der Waals surface area (Å²) in [7, 11) is 0. The van der Waals surface area contributed by atoms with Crippen LogP contribution in [0.4, 0.5) is 0 Å². The van der Waals surface area contributed by atoms with Gasteiger partial charge in [-0.2, -0.15) is 5.26 Å². The second kappa shape index (κ2) is 3.55. The fraction of sp³-hybridized carbons (Fsp3) is 0. The second-order valence-electron chi connectivity index (χ2n) is 2.82. The van der Waals surface area contributed by atoms with Crippen LogP contribution in [0.3, 0.4) is 0 Å². The molecule has 0 unspecified atom stereocenters. The maximum atomic E-state index is 11.4. The van der Waals surface area contributed by atoms with Crippen molar-refractivity contribution in [3.05, 3.63) is 45.1 Å². The van der Waals surface area contributed by atoms with Crippen LogP contribution in [0.25, 0.3) is 5.69 Å². The van der Waals surface area contributed by atoms with Crippen molar-refractivity contribution < 1.29 is 0 Å². The van der Waals surface area contributed by atoms with Gasteiger partial charge in [-0.15, -0.1) is 0 Å². The van der Waals surface area contributed by atoms with E-state index in [0.29, 0.717) is 11.3 Å². The predicted molar refractivity (Wildman–Crippen MR) is 56.3 cm³/mol. The average molecular weight is 218 g/mol. The van der Waals surface area contributed by atoms with Crippen molar-refractivity contribution in [2.24, 2.45) is 0 Å². The lowest BCUT2D eigenvalue weighted by Gasteiger charge is -2.01. The average Bonchev–Trinajstić information content (AvgIpc) is 2.59. The first-order valence-corrected chi connectivity index (χ1v) is 4.54. The van der Waals surface area contributed by atoms with Crippen LogP contribution in [-0.4, -0.2) is 14.8 Å². The maximum Gasteiger partial charge on any atom is 0.347 e. The number of H-pyrrole nitrogens is 2. The van der Waals surface area contributed by atoms with Crippen LogP contribution in [0, 0.1) is 16.1 Å². The zero-order valence-corrected chi connectivity index (χ0v) is 8.34. The van der Waals surface area contributed by atoms with E-state index in [-0.39, 0.29) is 10.5 Å². The molecule has 0 aliphatic heterocycles. The molecule has 2 rings (SSSR count). The zero-order valence-electron chi connectivity index (χ0n) is 7.52. The number of para-hydroxylation sites is 1. The topological polar surface area (TPSA) is 77.4 Å². The van der Waals surface area contributed by atoms with Gasteiger partial charge in [0, 0.05) is 0 Å². The Morgan fingerprint density at radius 2 is 2.07 bits per heavy atom. The van der Waals surface area contributed by atoms with E-state index in [2.05, 4.69) is 10.2 Å². The lowest BCUT2D eigenvalue weighted by Crippen LogP contribution is -2.15. The van der Waals surface area contributed by atoms with Gasteiger partial charge in [0.25, 0.3) is 0 Å². The number of hydrogen-bond donors (Lipinski definition) is 2. The van der Waals surface area contributed by atoms with Gasteiger partial charge >= 0.3 is 5.69 Å². The van der Waals surface area contributed by atoms with Crippen molar-refractivity contribution in [3.63, 3.8) is 0 Å². The normalized spacial score (nSPS) is 9.80. The van der Waals surface area contributed by atoms with Crippen molar-refractivity contribution in [1.29, 1.82) is 5.26 Å². The zero-order chi connectivity index (χ0) is 10.8. The molecule has 2 N–H and O–H groups in total. The van der Waals surface area contributed by atoms with E-state index in [1.807, 2.05) is 6.07 Å². The fourth-order valence-corrected chi connectivity index (χ4v) is 1.53. The number of aromatic amines is 2. The Morgan fingerprint density at radius 1 is 1.33 bits per heavy atom. The molecule has 0 saturated carbocycles. The summed E-state index contributed by atoms with van der Waals surface area (Å²) in [6, 6.07) is 8.77. The monoisotopic (exact) mass is 218 g/mol. The standard InChI is InChI=1S/C9H6N4OS/c10-5-6-3-1-2-4-7(6)13-8(14)11-12-9(13)15/h1-4H,(H,11,14)(H,12,15). The van der Waals surface area contributed by atoms with Crippen molar-refractivity contribution in [2.45, 2.75) is 0 Å². The van der Waals surface area contributed by atoms with Gasteiger partial charge in [-0.05, 0) is 24.4 Å². The molecule has 5 nitrogen and oxygen atoms in total. The van der Waals surface area contributed by atoms with Crippen LogP contribution in [0.15, 0.2) is 29.1 Å². The molecule has 2 aromatic rings. The number of aromatic nitrogens is 3. The molecule has 0 amide bonds. The predicted octanol–water partition coefficient (Wildman–Crippen LogP) is 1.09. The minimum Gasteiger partial charge on any atom is -0.272 e. The maximum absolute atomic E-state index is 11.4.